The number of aryl methyl sites for hydroxylation is 1. The number of primary sulfonamides is 1. The van der Waals surface area contributed by atoms with Gasteiger partial charge in [-0.3, -0.25) is 4.68 Å². The fourth-order valence-electron chi connectivity index (χ4n) is 2.06. The van der Waals surface area contributed by atoms with Crippen molar-refractivity contribution in [3.05, 3.63) is 47.3 Å². The maximum atomic E-state index is 11.4. The first kappa shape index (κ1) is 15.7. The van der Waals surface area contributed by atoms with Gasteiger partial charge in [0.15, 0.2) is 0 Å². The lowest BCUT2D eigenvalue weighted by atomic mass is 10.1. The standard InChI is InChI=1S/C14H20N4O2S/c1-10(16-8-13-9-17-18(3)11(13)2)12-5-4-6-14(7-12)21(15,19)20/h4-7,9-10,16H,8H2,1-3H3,(H2,15,19,20). The number of nitrogens with one attached hydrogen (secondary N) is 1. The van der Waals surface area contributed by atoms with Gasteiger partial charge in [0.05, 0.1) is 11.1 Å². The first-order valence-corrected chi connectivity index (χ1v) is 8.17. The quantitative estimate of drug-likeness (QED) is 0.869. The summed E-state index contributed by atoms with van der Waals surface area (Å²) in [5.74, 6) is 0. The molecule has 2 rings (SSSR count). The van der Waals surface area contributed by atoms with Crippen LogP contribution in [0.4, 0.5) is 0 Å². The second kappa shape index (κ2) is 5.97. The third-order valence-electron chi connectivity index (χ3n) is 3.62. The van der Waals surface area contributed by atoms with Crippen LogP contribution in [0, 0.1) is 6.92 Å². The van der Waals surface area contributed by atoms with Crippen LogP contribution in [0.15, 0.2) is 35.4 Å². The van der Waals surface area contributed by atoms with E-state index in [0.29, 0.717) is 6.54 Å². The third kappa shape index (κ3) is 3.69. The van der Waals surface area contributed by atoms with E-state index < -0.39 is 10.0 Å². The largest absolute Gasteiger partial charge is 0.306 e. The van der Waals surface area contributed by atoms with Gasteiger partial charge in [-0.25, -0.2) is 13.6 Å². The molecule has 1 aromatic heterocycles. The number of nitrogens with two attached hydrogens (primary N) is 1. The average Bonchev–Trinajstić information content (AvgIpc) is 2.75. The zero-order valence-corrected chi connectivity index (χ0v) is 13.2. The van der Waals surface area contributed by atoms with Gasteiger partial charge in [-0.15, -0.1) is 0 Å². The molecule has 0 fully saturated rings. The number of benzene rings is 1. The van der Waals surface area contributed by atoms with E-state index in [1.165, 1.54) is 6.07 Å². The van der Waals surface area contributed by atoms with Crippen LogP contribution in [0.3, 0.4) is 0 Å². The van der Waals surface area contributed by atoms with Crippen LogP contribution in [0.1, 0.15) is 29.8 Å². The van der Waals surface area contributed by atoms with E-state index in [-0.39, 0.29) is 10.9 Å². The summed E-state index contributed by atoms with van der Waals surface area (Å²) in [6.07, 6.45) is 1.83. The van der Waals surface area contributed by atoms with Gasteiger partial charge in [-0.2, -0.15) is 5.10 Å². The maximum absolute atomic E-state index is 11.4. The van der Waals surface area contributed by atoms with Crippen molar-refractivity contribution in [3.63, 3.8) is 0 Å². The summed E-state index contributed by atoms with van der Waals surface area (Å²) in [6, 6.07) is 6.68. The summed E-state index contributed by atoms with van der Waals surface area (Å²) in [7, 11) is -1.77. The van der Waals surface area contributed by atoms with Gasteiger partial charge in [0.1, 0.15) is 0 Å². The molecule has 2 aromatic rings. The van der Waals surface area contributed by atoms with E-state index in [2.05, 4.69) is 10.4 Å². The number of sulfonamides is 1. The smallest absolute Gasteiger partial charge is 0.238 e. The summed E-state index contributed by atoms with van der Waals surface area (Å²) < 4.78 is 24.6. The Labute approximate surface area is 125 Å². The van der Waals surface area contributed by atoms with E-state index in [1.54, 1.807) is 12.1 Å². The van der Waals surface area contributed by atoms with Crippen LogP contribution < -0.4 is 10.5 Å². The molecule has 7 heteroatoms. The Balaban J connectivity index is 2.10. The normalized spacial score (nSPS) is 13.3. The molecule has 114 valence electrons. The first-order chi connectivity index (χ1) is 9.79. The molecule has 0 bridgehead atoms. The highest BCUT2D eigenvalue weighted by atomic mass is 32.2. The van der Waals surface area contributed by atoms with Crippen molar-refractivity contribution in [1.82, 2.24) is 15.1 Å². The molecule has 0 aliphatic carbocycles. The van der Waals surface area contributed by atoms with Crippen molar-refractivity contribution >= 4 is 10.0 Å². The first-order valence-electron chi connectivity index (χ1n) is 6.62. The Morgan fingerprint density at radius 2 is 2.14 bits per heavy atom. The number of hydrogen-bond donors (Lipinski definition) is 2. The van der Waals surface area contributed by atoms with Crippen LogP contribution in [0.5, 0.6) is 0 Å². The predicted molar refractivity (Wildman–Crippen MR) is 81.0 cm³/mol. The van der Waals surface area contributed by atoms with Gasteiger partial charge in [-0.1, -0.05) is 12.1 Å². The Bertz CT molecular complexity index is 737. The average molecular weight is 308 g/mol. The molecule has 1 unspecified atom stereocenters. The van der Waals surface area contributed by atoms with Crippen molar-refractivity contribution in [2.75, 3.05) is 0 Å². The lowest BCUT2D eigenvalue weighted by Gasteiger charge is -2.15. The Morgan fingerprint density at radius 1 is 1.43 bits per heavy atom. The molecule has 0 aliphatic heterocycles. The summed E-state index contributed by atoms with van der Waals surface area (Å²) in [6.45, 7) is 4.66. The molecule has 0 saturated heterocycles. The monoisotopic (exact) mass is 308 g/mol. The van der Waals surface area contributed by atoms with Crippen molar-refractivity contribution in [3.8, 4) is 0 Å². The second-order valence-electron chi connectivity index (χ2n) is 5.10. The van der Waals surface area contributed by atoms with E-state index in [0.717, 1.165) is 16.8 Å². The third-order valence-corrected chi connectivity index (χ3v) is 4.53. The Morgan fingerprint density at radius 3 is 2.71 bits per heavy atom. The van der Waals surface area contributed by atoms with Crippen molar-refractivity contribution < 1.29 is 8.42 Å². The van der Waals surface area contributed by atoms with Crippen LogP contribution in [0.25, 0.3) is 0 Å². The topological polar surface area (TPSA) is 90.0 Å². The lowest BCUT2D eigenvalue weighted by molar-refractivity contribution is 0.570. The zero-order chi connectivity index (χ0) is 15.6. The maximum Gasteiger partial charge on any atom is 0.238 e. The van der Waals surface area contributed by atoms with Crippen molar-refractivity contribution in [2.24, 2.45) is 12.2 Å². The van der Waals surface area contributed by atoms with Gasteiger partial charge in [-0.05, 0) is 31.5 Å². The van der Waals surface area contributed by atoms with Gasteiger partial charge >= 0.3 is 0 Å². The fraction of sp³-hybridized carbons (Fsp3) is 0.357. The second-order valence-corrected chi connectivity index (χ2v) is 6.66. The molecular formula is C14H20N4O2S. The summed E-state index contributed by atoms with van der Waals surface area (Å²) in [5.41, 5.74) is 3.10. The van der Waals surface area contributed by atoms with E-state index in [9.17, 15) is 8.42 Å². The Hall–Kier alpha value is -1.70. The molecule has 1 atom stereocenters. The minimum absolute atomic E-state index is 0.00584. The molecule has 3 N–H and O–H groups in total. The summed E-state index contributed by atoms with van der Waals surface area (Å²) in [4.78, 5) is 0.131. The SMILES string of the molecule is Cc1c(CNC(C)c2cccc(S(N)(=O)=O)c2)cnn1C. The summed E-state index contributed by atoms with van der Waals surface area (Å²) >= 11 is 0. The van der Waals surface area contributed by atoms with Gasteiger partial charge in [0.25, 0.3) is 0 Å². The zero-order valence-electron chi connectivity index (χ0n) is 12.4. The highest BCUT2D eigenvalue weighted by Gasteiger charge is 2.12. The van der Waals surface area contributed by atoms with E-state index in [1.807, 2.05) is 37.8 Å². The molecule has 0 saturated carbocycles. The predicted octanol–water partition coefficient (Wildman–Crippen LogP) is 1.23. The van der Waals surface area contributed by atoms with E-state index in [4.69, 9.17) is 5.14 Å². The van der Waals surface area contributed by atoms with Gasteiger partial charge in [0, 0.05) is 30.9 Å². The summed E-state index contributed by atoms with van der Waals surface area (Å²) in [5, 5.41) is 12.7. The highest BCUT2D eigenvalue weighted by Crippen LogP contribution is 2.17. The van der Waals surface area contributed by atoms with Crippen molar-refractivity contribution in [1.29, 1.82) is 0 Å². The Kier molecular flexibility index (Phi) is 4.46. The molecule has 0 radical (unpaired) electrons. The number of hydrogen-bond acceptors (Lipinski definition) is 4. The van der Waals surface area contributed by atoms with Gasteiger partial charge in [0.2, 0.25) is 10.0 Å². The number of rotatable bonds is 5. The highest BCUT2D eigenvalue weighted by molar-refractivity contribution is 7.89. The minimum atomic E-state index is -3.67. The number of aromatic nitrogens is 2. The molecule has 21 heavy (non-hydrogen) atoms. The van der Waals surface area contributed by atoms with Crippen LogP contribution in [-0.4, -0.2) is 18.2 Å². The van der Waals surface area contributed by atoms with E-state index >= 15 is 0 Å². The molecule has 1 aromatic carbocycles. The van der Waals surface area contributed by atoms with Crippen LogP contribution >= 0.6 is 0 Å². The molecule has 1 heterocycles. The lowest BCUT2D eigenvalue weighted by Crippen LogP contribution is -2.19. The molecule has 6 nitrogen and oxygen atoms in total. The fourth-order valence-corrected chi connectivity index (χ4v) is 2.63. The van der Waals surface area contributed by atoms with Crippen molar-refractivity contribution in [2.45, 2.75) is 31.3 Å². The van der Waals surface area contributed by atoms with Crippen LogP contribution in [-0.2, 0) is 23.6 Å². The van der Waals surface area contributed by atoms with Gasteiger partial charge < -0.3 is 5.32 Å². The van der Waals surface area contributed by atoms with Crippen LogP contribution in [0.2, 0.25) is 0 Å². The number of nitrogens with zero attached hydrogens (tertiary/aromatic N) is 2. The molecule has 0 spiro atoms. The molecule has 0 aliphatic rings. The molecule has 0 amide bonds. The molecular weight excluding hydrogens is 288 g/mol. The minimum Gasteiger partial charge on any atom is -0.306 e.